The number of rotatable bonds is 12. The number of hydrogen-bond acceptors (Lipinski definition) is 4. The number of carbonyl (C=O) groups is 2. The van der Waals surface area contributed by atoms with Crippen molar-refractivity contribution in [3.8, 4) is 0 Å². The number of nitrogens with one attached hydrogen (secondary N) is 1. The predicted octanol–water partition coefficient (Wildman–Crippen LogP) is 6.22. The Kier molecular flexibility index (Phi) is 11.0. The van der Waals surface area contributed by atoms with Crippen molar-refractivity contribution in [3.63, 3.8) is 0 Å². The van der Waals surface area contributed by atoms with E-state index in [0.29, 0.717) is 22.0 Å². The number of carbonyl (C=O) groups excluding carboxylic acids is 2. The molecule has 0 saturated heterocycles. The van der Waals surface area contributed by atoms with E-state index in [4.69, 9.17) is 23.2 Å². The van der Waals surface area contributed by atoms with Gasteiger partial charge in [0.05, 0.1) is 10.6 Å². The van der Waals surface area contributed by atoms with Crippen molar-refractivity contribution < 1.29 is 18.0 Å². The Balaban J connectivity index is 2.08. The Morgan fingerprint density at radius 3 is 2.12 bits per heavy atom. The zero-order valence-corrected chi connectivity index (χ0v) is 25.4. The molecule has 0 fully saturated rings. The van der Waals surface area contributed by atoms with Crippen LogP contribution in [0, 0.1) is 6.92 Å². The highest BCUT2D eigenvalue weighted by Gasteiger charge is 2.34. The first kappa shape index (κ1) is 31.5. The first-order chi connectivity index (χ1) is 19.0. The SMILES string of the molecule is CCC(C)NC(=O)C(CC)N(Cc1ccc(Cl)cc1)C(=O)CN(c1cc(Cl)ccc1C)S(=O)(=O)c1ccccc1. The summed E-state index contributed by atoms with van der Waals surface area (Å²) in [5.74, 6) is -0.824. The molecule has 0 aliphatic carbocycles. The van der Waals surface area contributed by atoms with E-state index >= 15 is 0 Å². The van der Waals surface area contributed by atoms with Gasteiger partial charge in [0.25, 0.3) is 10.0 Å². The lowest BCUT2D eigenvalue weighted by Gasteiger charge is -2.34. The van der Waals surface area contributed by atoms with E-state index in [2.05, 4.69) is 5.32 Å². The molecule has 10 heteroatoms. The lowest BCUT2D eigenvalue weighted by molar-refractivity contribution is -0.140. The number of sulfonamides is 1. The monoisotopic (exact) mass is 603 g/mol. The van der Waals surface area contributed by atoms with Gasteiger partial charge in [0.15, 0.2) is 0 Å². The lowest BCUT2D eigenvalue weighted by atomic mass is 10.1. The minimum absolute atomic E-state index is 0.0352. The molecule has 0 spiro atoms. The molecule has 0 saturated carbocycles. The highest BCUT2D eigenvalue weighted by molar-refractivity contribution is 7.92. The average molecular weight is 605 g/mol. The summed E-state index contributed by atoms with van der Waals surface area (Å²) in [4.78, 5) is 28.9. The molecule has 0 aliphatic rings. The van der Waals surface area contributed by atoms with Crippen molar-refractivity contribution in [1.29, 1.82) is 0 Å². The van der Waals surface area contributed by atoms with Gasteiger partial charge in [-0.3, -0.25) is 13.9 Å². The maximum atomic E-state index is 14.1. The van der Waals surface area contributed by atoms with Crippen LogP contribution in [0.5, 0.6) is 0 Å². The van der Waals surface area contributed by atoms with E-state index in [1.54, 1.807) is 61.5 Å². The van der Waals surface area contributed by atoms with E-state index in [-0.39, 0.29) is 29.1 Å². The van der Waals surface area contributed by atoms with Gasteiger partial charge in [-0.05, 0) is 74.2 Å². The standard InChI is InChI=1S/C30H35Cl2N3O4S/c1-5-22(4)33-30(37)27(6-2)34(19-23-13-16-24(31)17-14-23)29(36)20-35(28-18-25(32)15-12-21(28)3)40(38,39)26-10-8-7-9-11-26/h7-18,22,27H,5-6,19-20H2,1-4H3,(H,33,37). The summed E-state index contributed by atoms with van der Waals surface area (Å²) in [7, 11) is -4.17. The van der Waals surface area contributed by atoms with Crippen LogP contribution in [0.2, 0.25) is 10.0 Å². The summed E-state index contributed by atoms with van der Waals surface area (Å²) >= 11 is 12.3. The number of anilines is 1. The van der Waals surface area contributed by atoms with Crippen molar-refractivity contribution in [1.82, 2.24) is 10.2 Å². The molecule has 3 aromatic carbocycles. The molecule has 0 heterocycles. The summed E-state index contributed by atoms with van der Waals surface area (Å²) in [6.45, 7) is 7.00. The topological polar surface area (TPSA) is 86.8 Å². The van der Waals surface area contributed by atoms with Crippen molar-refractivity contribution in [2.75, 3.05) is 10.8 Å². The number of hydrogen-bond donors (Lipinski definition) is 1. The quantitative estimate of drug-likeness (QED) is 0.266. The minimum Gasteiger partial charge on any atom is -0.352 e. The van der Waals surface area contributed by atoms with Gasteiger partial charge in [-0.15, -0.1) is 0 Å². The first-order valence-corrected chi connectivity index (χ1v) is 15.4. The Morgan fingerprint density at radius 2 is 1.52 bits per heavy atom. The molecule has 2 unspecified atom stereocenters. The Labute approximate surface area is 247 Å². The van der Waals surface area contributed by atoms with Gasteiger partial charge in [-0.1, -0.05) is 73.4 Å². The van der Waals surface area contributed by atoms with Gasteiger partial charge < -0.3 is 10.2 Å². The van der Waals surface area contributed by atoms with E-state index in [9.17, 15) is 18.0 Å². The fourth-order valence-corrected chi connectivity index (χ4v) is 6.02. The van der Waals surface area contributed by atoms with Crippen molar-refractivity contribution in [2.45, 2.75) is 64.1 Å². The highest BCUT2D eigenvalue weighted by atomic mass is 35.5. The molecule has 0 aliphatic heterocycles. The Hall–Kier alpha value is -3.07. The zero-order valence-electron chi connectivity index (χ0n) is 23.1. The number of aryl methyl sites for hydroxylation is 1. The Bertz CT molecular complexity index is 1420. The van der Waals surface area contributed by atoms with Crippen molar-refractivity contribution in [2.24, 2.45) is 0 Å². The second-order valence-corrected chi connectivity index (χ2v) is 12.4. The maximum absolute atomic E-state index is 14.1. The van der Waals surface area contributed by atoms with Gasteiger partial charge in [0, 0.05) is 22.6 Å². The van der Waals surface area contributed by atoms with Crippen LogP contribution in [-0.2, 0) is 26.2 Å². The first-order valence-electron chi connectivity index (χ1n) is 13.2. The number of benzene rings is 3. The highest BCUT2D eigenvalue weighted by Crippen LogP contribution is 2.30. The molecule has 2 atom stereocenters. The van der Waals surface area contributed by atoms with Crippen LogP contribution in [0.25, 0.3) is 0 Å². The van der Waals surface area contributed by atoms with Gasteiger partial charge in [-0.2, -0.15) is 0 Å². The molecule has 0 bridgehead atoms. The van der Waals surface area contributed by atoms with E-state index in [1.807, 2.05) is 20.8 Å². The van der Waals surface area contributed by atoms with Crippen LogP contribution in [0.3, 0.4) is 0 Å². The molecule has 40 heavy (non-hydrogen) atoms. The molecule has 3 aromatic rings. The molecule has 2 amide bonds. The summed E-state index contributed by atoms with van der Waals surface area (Å²) in [6.07, 6.45) is 1.06. The largest absolute Gasteiger partial charge is 0.352 e. The number of nitrogens with zero attached hydrogens (tertiary/aromatic N) is 2. The summed E-state index contributed by atoms with van der Waals surface area (Å²) in [5.41, 5.74) is 1.67. The van der Waals surface area contributed by atoms with Crippen LogP contribution in [0.15, 0.2) is 77.7 Å². The molecule has 0 aromatic heterocycles. The molecule has 0 radical (unpaired) electrons. The van der Waals surface area contributed by atoms with Crippen LogP contribution in [0.4, 0.5) is 5.69 Å². The molecule has 1 N–H and O–H groups in total. The third kappa shape index (κ3) is 7.77. The predicted molar refractivity (Wildman–Crippen MR) is 161 cm³/mol. The van der Waals surface area contributed by atoms with Gasteiger partial charge >= 0.3 is 0 Å². The third-order valence-electron chi connectivity index (χ3n) is 6.70. The number of amides is 2. The molecular formula is C30H35Cl2N3O4S. The van der Waals surface area contributed by atoms with Gasteiger partial charge in [-0.25, -0.2) is 8.42 Å². The van der Waals surface area contributed by atoms with E-state index < -0.39 is 28.5 Å². The second-order valence-electron chi connectivity index (χ2n) is 9.65. The minimum atomic E-state index is -4.17. The summed E-state index contributed by atoms with van der Waals surface area (Å²) < 4.78 is 28.9. The van der Waals surface area contributed by atoms with Crippen LogP contribution in [0.1, 0.15) is 44.7 Å². The second kappa shape index (κ2) is 14.0. The van der Waals surface area contributed by atoms with E-state index in [0.717, 1.165) is 16.3 Å². The fraction of sp³-hybridized carbons (Fsp3) is 0.333. The lowest BCUT2D eigenvalue weighted by Crippen LogP contribution is -2.53. The number of halogens is 2. The van der Waals surface area contributed by atoms with Crippen LogP contribution in [-0.4, -0.2) is 43.8 Å². The van der Waals surface area contributed by atoms with Gasteiger partial charge in [0.1, 0.15) is 12.6 Å². The van der Waals surface area contributed by atoms with Crippen molar-refractivity contribution >= 4 is 50.7 Å². The fourth-order valence-electron chi connectivity index (χ4n) is 4.23. The van der Waals surface area contributed by atoms with Crippen molar-refractivity contribution in [3.05, 3.63) is 94.0 Å². The summed E-state index contributed by atoms with van der Waals surface area (Å²) in [5, 5.41) is 3.84. The van der Waals surface area contributed by atoms with Gasteiger partial charge in [0.2, 0.25) is 11.8 Å². The molecule has 3 rings (SSSR count). The smallest absolute Gasteiger partial charge is 0.264 e. The third-order valence-corrected chi connectivity index (χ3v) is 8.96. The van der Waals surface area contributed by atoms with Crippen LogP contribution >= 0.6 is 23.2 Å². The maximum Gasteiger partial charge on any atom is 0.264 e. The average Bonchev–Trinajstić information content (AvgIpc) is 2.94. The molecule has 214 valence electrons. The van der Waals surface area contributed by atoms with Crippen LogP contribution < -0.4 is 9.62 Å². The molecular weight excluding hydrogens is 569 g/mol. The zero-order chi connectivity index (χ0) is 29.4. The van der Waals surface area contributed by atoms with E-state index in [1.165, 1.54) is 23.1 Å². The normalized spacial score (nSPS) is 12.8. The Morgan fingerprint density at radius 1 is 0.900 bits per heavy atom. The molecule has 7 nitrogen and oxygen atoms in total. The summed E-state index contributed by atoms with van der Waals surface area (Å²) in [6, 6.07) is 18.9.